The summed E-state index contributed by atoms with van der Waals surface area (Å²) in [4.78, 5) is 10.3. The highest BCUT2D eigenvalue weighted by molar-refractivity contribution is 5.64. The Hall–Kier alpha value is -0.570. The third-order valence-corrected chi connectivity index (χ3v) is 3.79. The number of hydrogen-bond acceptors (Lipinski definition) is 3. The molecule has 3 nitrogen and oxygen atoms in total. The molecule has 0 fully saturated rings. The number of carboxylic acids is 1. The standard InChI is InChI=1S/C17H34O3/c1-2-3-4-5-6-7-8-9-10-11-12-13-14-16(18)15-17(19)20/h16,18H,2-15H2,1H3,(H,19,20)/p-1. The summed E-state index contributed by atoms with van der Waals surface area (Å²) in [5, 5.41) is 19.6. The molecule has 20 heavy (non-hydrogen) atoms. The third kappa shape index (κ3) is 15.5. The lowest BCUT2D eigenvalue weighted by atomic mass is 10.0. The minimum absolute atomic E-state index is 0.224. The molecule has 0 aliphatic heterocycles. The molecule has 1 N–H and O–H groups in total. The molecule has 0 radical (unpaired) electrons. The number of rotatable bonds is 15. The van der Waals surface area contributed by atoms with Gasteiger partial charge in [-0.15, -0.1) is 0 Å². The second-order valence-electron chi connectivity index (χ2n) is 5.91. The van der Waals surface area contributed by atoms with Crippen LogP contribution in [-0.2, 0) is 4.79 Å². The first-order chi connectivity index (χ1) is 9.66. The zero-order valence-electron chi connectivity index (χ0n) is 13.2. The Morgan fingerprint density at radius 3 is 1.65 bits per heavy atom. The molecule has 0 heterocycles. The molecule has 0 rings (SSSR count). The summed E-state index contributed by atoms with van der Waals surface area (Å²) < 4.78 is 0. The van der Waals surface area contributed by atoms with Crippen LogP contribution in [0.1, 0.15) is 96.8 Å². The number of aliphatic carboxylic acids is 1. The van der Waals surface area contributed by atoms with Crippen molar-refractivity contribution >= 4 is 5.97 Å². The monoisotopic (exact) mass is 285 g/mol. The van der Waals surface area contributed by atoms with Crippen LogP contribution >= 0.6 is 0 Å². The molecule has 1 unspecified atom stereocenters. The van der Waals surface area contributed by atoms with Gasteiger partial charge in [0.2, 0.25) is 0 Å². The minimum atomic E-state index is -1.16. The van der Waals surface area contributed by atoms with E-state index < -0.39 is 12.1 Å². The largest absolute Gasteiger partial charge is 0.550 e. The molecular formula is C17H33O3-. The number of carboxylic acid groups (broad SMARTS) is 1. The first-order valence-electron chi connectivity index (χ1n) is 8.54. The van der Waals surface area contributed by atoms with Gasteiger partial charge in [0.25, 0.3) is 0 Å². The maximum absolute atomic E-state index is 10.3. The van der Waals surface area contributed by atoms with E-state index in [9.17, 15) is 15.0 Å². The highest BCUT2D eigenvalue weighted by Crippen LogP contribution is 2.13. The molecule has 3 heteroatoms. The van der Waals surface area contributed by atoms with Gasteiger partial charge in [-0.05, 0) is 6.42 Å². The number of aliphatic hydroxyl groups excluding tert-OH is 1. The van der Waals surface area contributed by atoms with Crippen molar-refractivity contribution in [1.82, 2.24) is 0 Å². The molecule has 0 spiro atoms. The van der Waals surface area contributed by atoms with Crippen molar-refractivity contribution in [2.24, 2.45) is 0 Å². The molecule has 0 aliphatic carbocycles. The molecule has 0 aromatic carbocycles. The van der Waals surface area contributed by atoms with Crippen molar-refractivity contribution in [2.45, 2.75) is 103 Å². The summed E-state index contributed by atoms with van der Waals surface area (Å²) in [5.41, 5.74) is 0. The van der Waals surface area contributed by atoms with Gasteiger partial charge in [-0.25, -0.2) is 0 Å². The topological polar surface area (TPSA) is 60.4 Å². The molecule has 0 aromatic heterocycles. The number of aliphatic hydroxyl groups is 1. The van der Waals surface area contributed by atoms with Crippen molar-refractivity contribution in [3.63, 3.8) is 0 Å². The lowest BCUT2D eigenvalue weighted by Gasteiger charge is -2.10. The van der Waals surface area contributed by atoms with Crippen molar-refractivity contribution in [3.05, 3.63) is 0 Å². The van der Waals surface area contributed by atoms with E-state index in [1.54, 1.807) is 0 Å². The second-order valence-corrected chi connectivity index (χ2v) is 5.91. The Bertz CT molecular complexity index is 216. The van der Waals surface area contributed by atoms with Gasteiger partial charge in [-0.1, -0.05) is 84.0 Å². The summed E-state index contributed by atoms with van der Waals surface area (Å²) in [6.07, 6.45) is 15.0. The lowest BCUT2D eigenvalue weighted by molar-refractivity contribution is -0.307. The summed E-state index contributed by atoms with van der Waals surface area (Å²) in [7, 11) is 0. The maximum atomic E-state index is 10.3. The van der Waals surface area contributed by atoms with Crippen LogP contribution in [0.15, 0.2) is 0 Å². The number of carbonyl (C=O) groups excluding carboxylic acids is 1. The van der Waals surface area contributed by atoms with E-state index >= 15 is 0 Å². The first kappa shape index (κ1) is 19.4. The highest BCUT2D eigenvalue weighted by atomic mass is 16.4. The zero-order chi connectivity index (χ0) is 15.1. The molecule has 1 atom stereocenters. The highest BCUT2D eigenvalue weighted by Gasteiger charge is 2.03. The predicted octanol–water partition coefficient (Wildman–Crippen LogP) is 3.58. The normalized spacial score (nSPS) is 12.5. The average molecular weight is 285 g/mol. The van der Waals surface area contributed by atoms with Crippen LogP contribution in [0.4, 0.5) is 0 Å². The first-order valence-corrected chi connectivity index (χ1v) is 8.54. The van der Waals surface area contributed by atoms with E-state index in [0.717, 1.165) is 12.8 Å². The van der Waals surface area contributed by atoms with Gasteiger partial charge in [0.1, 0.15) is 0 Å². The van der Waals surface area contributed by atoms with Gasteiger partial charge in [0.15, 0.2) is 0 Å². The van der Waals surface area contributed by atoms with Crippen LogP contribution in [0.5, 0.6) is 0 Å². The van der Waals surface area contributed by atoms with Crippen molar-refractivity contribution < 1.29 is 15.0 Å². The van der Waals surface area contributed by atoms with Gasteiger partial charge in [0, 0.05) is 12.4 Å². The minimum Gasteiger partial charge on any atom is -0.550 e. The van der Waals surface area contributed by atoms with Crippen LogP contribution in [0, 0.1) is 0 Å². The third-order valence-electron chi connectivity index (χ3n) is 3.79. The van der Waals surface area contributed by atoms with Crippen LogP contribution < -0.4 is 5.11 Å². The van der Waals surface area contributed by atoms with Gasteiger partial charge in [-0.3, -0.25) is 0 Å². The van der Waals surface area contributed by atoms with Gasteiger partial charge < -0.3 is 15.0 Å². The molecule has 0 saturated carbocycles. The fourth-order valence-corrected chi connectivity index (χ4v) is 2.52. The van der Waals surface area contributed by atoms with Gasteiger partial charge >= 0.3 is 0 Å². The van der Waals surface area contributed by atoms with Crippen LogP contribution in [0.2, 0.25) is 0 Å². The zero-order valence-corrected chi connectivity index (χ0v) is 13.2. The van der Waals surface area contributed by atoms with Crippen LogP contribution in [0.25, 0.3) is 0 Å². The van der Waals surface area contributed by atoms with Crippen LogP contribution in [0.3, 0.4) is 0 Å². The Labute approximate surface area is 124 Å². The van der Waals surface area contributed by atoms with Crippen LogP contribution in [-0.4, -0.2) is 17.2 Å². The second kappa shape index (κ2) is 14.8. The fourth-order valence-electron chi connectivity index (χ4n) is 2.52. The van der Waals surface area contributed by atoms with E-state index in [1.165, 1.54) is 64.2 Å². The summed E-state index contributed by atoms with van der Waals surface area (Å²) >= 11 is 0. The molecule has 120 valence electrons. The summed E-state index contributed by atoms with van der Waals surface area (Å²) in [6.45, 7) is 2.25. The molecule has 0 bridgehead atoms. The Morgan fingerprint density at radius 2 is 1.25 bits per heavy atom. The summed E-state index contributed by atoms with van der Waals surface area (Å²) in [6, 6.07) is 0. The quantitative estimate of drug-likeness (QED) is 0.468. The lowest BCUT2D eigenvalue weighted by Crippen LogP contribution is -2.27. The fraction of sp³-hybridized carbons (Fsp3) is 0.941. The van der Waals surface area contributed by atoms with E-state index in [-0.39, 0.29) is 6.42 Å². The van der Waals surface area contributed by atoms with Gasteiger partial charge in [0.05, 0.1) is 6.10 Å². The predicted molar refractivity (Wildman–Crippen MR) is 81.3 cm³/mol. The van der Waals surface area contributed by atoms with Crippen molar-refractivity contribution in [1.29, 1.82) is 0 Å². The Morgan fingerprint density at radius 1 is 0.850 bits per heavy atom. The molecular weight excluding hydrogens is 252 g/mol. The Kier molecular flexibility index (Phi) is 14.4. The number of hydrogen-bond donors (Lipinski definition) is 1. The van der Waals surface area contributed by atoms with E-state index in [4.69, 9.17) is 0 Å². The Balaban J connectivity index is 3.08. The van der Waals surface area contributed by atoms with Crippen molar-refractivity contribution in [2.75, 3.05) is 0 Å². The molecule has 0 aliphatic rings. The molecule has 0 amide bonds. The average Bonchev–Trinajstić information content (AvgIpc) is 2.39. The van der Waals surface area contributed by atoms with Gasteiger partial charge in [-0.2, -0.15) is 0 Å². The maximum Gasteiger partial charge on any atom is 0.0592 e. The van der Waals surface area contributed by atoms with E-state index in [0.29, 0.717) is 6.42 Å². The molecule has 0 saturated heterocycles. The summed E-state index contributed by atoms with van der Waals surface area (Å²) in [5.74, 6) is -1.16. The SMILES string of the molecule is CCCCCCCCCCCCCCC(O)CC(=O)[O-]. The van der Waals surface area contributed by atoms with E-state index in [1.807, 2.05) is 0 Å². The number of carbonyl (C=O) groups is 1. The van der Waals surface area contributed by atoms with Crippen molar-refractivity contribution in [3.8, 4) is 0 Å². The smallest absolute Gasteiger partial charge is 0.0592 e. The molecule has 0 aromatic rings. The number of unbranched alkanes of at least 4 members (excludes halogenated alkanes) is 11. The van der Waals surface area contributed by atoms with E-state index in [2.05, 4.69) is 6.92 Å².